The van der Waals surface area contributed by atoms with Crippen molar-refractivity contribution in [3.05, 3.63) is 24.8 Å². The third-order valence-corrected chi connectivity index (χ3v) is 2.18. The number of nitriles is 1. The molecular weight excluding hydrogens is 146 g/mol. The van der Waals surface area contributed by atoms with Gasteiger partial charge in [0, 0.05) is 0 Å². The molecule has 0 bridgehead atoms. The monoisotopic (exact) mass is 163 g/mol. The molecule has 0 aliphatic carbocycles. The van der Waals surface area contributed by atoms with Crippen molar-refractivity contribution in [3.8, 4) is 6.07 Å². The summed E-state index contributed by atoms with van der Waals surface area (Å²) in [5.74, 6) is 0.330. The van der Waals surface area contributed by atoms with E-state index >= 15 is 0 Å². The molecule has 0 aliphatic rings. The second kappa shape index (κ2) is 4.77. The molecule has 12 heavy (non-hydrogen) atoms. The molecule has 1 heteroatoms. The summed E-state index contributed by atoms with van der Waals surface area (Å²) in [6.45, 7) is 9.74. The average molecular weight is 163 g/mol. The maximum atomic E-state index is 9.06. The Bertz CT molecular complexity index is 208. The van der Waals surface area contributed by atoms with Crippen LogP contribution in [0.15, 0.2) is 24.8 Å². The summed E-state index contributed by atoms with van der Waals surface area (Å²) >= 11 is 0. The molecule has 66 valence electrons. The van der Waals surface area contributed by atoms with Gasteiger partial charge in [0.15, 0.2) is 0 Å². The van der Waals surface area contributed by atoms with Crippen LogP contribution in [0.5, 0.6) is 0 Å². The summed E-state index contributed by atoms with van der Waals surface area (Å²) in [6, 6.07) is 2.36. The Balaban J connectivity index is 4.78. The number of nitrogens with zero attached hydrogens (tertiary/aromatic N) is 1. The van der Waals surface area contributed by atoms with E-state index in [1.807, 2.05) is 25.2 Å². The summed E-state index contributed by atoms with van der Waals surface area (Å²) in [5, 5.41) is 9.06. The van der Waals surface area contributed by atoms with Gasteiger partial charge in [-0.1, -0.05) is 32.1 Å². The van der Waals surface area contributed by atoms with E-state index < -0.39 is 0 Å². The normalized spacial score (nSPS) is 15.9. The van der Waals surface area contributed by atoms with E-state index in [9.17, 15) is 0 Å². The smallest absolute Gasteiger partial charge is 0.0810 e. The summed E-state index contributed by atoms with van der Waals surface area (Å²) < 4.78 is 0. The van der Waals surface area contributed by atoms with Crippen molar-refractivity contribution in [1.82, 2.24) is 0 Å². The van der Waals surface area contributed by atoms with Crippen LogP contribution in [0.1, 0.15) is 27.2 Å². The van der Waals surface area contributed by atoms with Crippen LogP contribution in [0, 0.1) is 22.7 Å². The van der Waals surface area contributed by atoms with Gasteiger partial charge in [0.1, 0.15) is 0 Å². The largest absolute Gasteiger partial charge is 0.197 e. The van der Waals surface area contributed by atoms with Crippen LogP contribution in [0.4, 0.5) is 0 Å². The average Bonchev–Trinajstić information content (AvgIpc) is 2.03. The molecule has 1 unspecified atom stereocenters. The zero-order valence-electron chi connectivity index (χ0n) is 8.17. The lowest BCUT2D eigenvalue weighted by molar-refractivity contribution is 0.362. The van der Waals surface area contributed by atoms with Crippen LogP contribution >= 0.6 is 0 Å². The first-order valence-corrected chi connectivity index (χ1v) is 4.29. The lowest BCUT2D eigenvalue weighted by Gasteiger charge is -2.25. The van der Waals surface area contributed by atoms with E-state index in [1.54, 1.807) is 0 Å². The van der Waals surface area contributed by atoms with Gasteiger partial charge >= 0.3 is 0 Å². The van der Waals surface area contributed by atoms with Gasteiger partial charge in [-0.2, -0.15) is 5.26 Å². The van der Waals surface area contributed by atoms with E-state index in [0.29, 0.717) is 5.92 Å². The Labute approximate surface area is 75.4 Å². The zero-order chi connectivity index (χ0) is 9.61. The Morgan fingerprint density at radius 1 is 1.58 bits per heavy atom. The summed E-state index contributed by atoms with van der Waals surface area (Å²) in [6.07, 6.45) is 6.45. The number of allylic oxidation sites excluding steroid dienone is 3. The van der Waals surface area contributed by atoms with E-state index in [-0.39, 0.29) is 5.41 Å². The third kappa shape index (κ3) is 2.23. The highest BCUT2D eigenvalue weighted by atomic mass is 14.4. The lowest BCUT2D eigenvalue weighted by atomic mass is 9.75. The van der Waals surface area contributed by atoms with Crippen LogP contribution < -0.4 is 0 Å². The van der Waals surface area contributed by atoms with Crippen molar-refractivity contribution in [1.29, 1.82) is 5.26 Å². The summed E-state index contributed by atoms with van der Waals surface area (Å²) in [7, 11) is 0. The van der Waals surface area contributed by atoms with Crippen LogP contribution in [0.25, 0.3) is 0 Å². The van der Waals surface area contributed by atoms with Crippen molar-refractivity contribution in [2.75, 3.05) is 0 Å². The molecule has 0 saturated heterocycles. The van der Waals surface area contributed by atoms with Crippen LogP contribution in [0.3, 0.4) is 0 Å². The van der Waals surface area contributed by atoms with Gasteiger partial charge in [0.25, 0.3) is 0 Å². The van der Waals surface area contributed by atoms with Gasteiger partial charge in [-0.25, -0.2) is 0 Å². The minimum absolute atomic E-state index is 0.330. The maximum absolute atomic E-state index is 9.06. The number of hydrogen-bond acceptors (Lipinski definition) is 1. The Morgan fingerprint density at radius 2 is 2.17 bits per heavy atom. The van der Waals surface area contributed by atoms with Crippen molar-refractivity contribution >= 4 is 0 Å². The molecule has 0 radical (unpaired) electrons. The standard InChI is InChI=1S/C11H17N/c1-5-7-11(9-12,8-6-2)10(3)4/h5-6,8,10H,1,7H2,2-4H3. The summed E-state index contributed by atoms with van der Waals surface area (Å²) in [5.41, 5.74) is -0.351. The Morgan fingerprint density at radius 3 is 2.42 bits per heavy atom. The van der Waals surface area contributed by atoms with Crippen molar-refractivity contribution in [2.45, 2.75) is 27.2 Å². The first kappa shape index (κ1) is 11.0. The first-order valence-electron chi connectivity index (χ1n) is 4.29. The highest BCUT2D eigenvalue weighted by Gasteiger charge is 2.28. The van der Waals surface area contributed by atoms with Gasteiger partial charge < -0.3 is 0 Å². The maximum Gasteiger partial charge on any atom is 0.0810 e. The van der Waals surface area contributed by atoms with E-state index in [4.69, 9.17) is 5.26 Å². The van der Waals surface area contributed by atoms with Crippen LogP contribution in [-0.2, 0) is 0 Å². The predicted molar refractivity (Wildman–Crippen MR) is 52.5 cm³/mol. The van der Waals surface area contributed by atoms with Gasteiger partial charge in [-0.3, -0.25) is 0 Å². The molecule has 1 nitrogen and oxygen atoms in total. The van der Waals surface area contributed by atoms with Crippen LogP contribution in [-0.4, -0.2) is 0 Å². The fourth-order valence-corrected chi connectivity index (χ4v) is 1.24. The Hall–Kier alpha value is -1.03. The highest BCUT2D eigenvalue weighted by molar-refractivity contribution is 5.15. The SMILES string of the molecule is C=CCC(C#N)(C=CC)C(C)C. The zero-order valence-corrected chi connectivity index (χ0v) is 8.17. The minimum atomic E-state index is -0.351. The molecule has 0 aromatic carbocycles. The number of rotatable bonds is 4. The molecule has 0 aromatic heterocycles. The van der Waals surface area contributed by atoms with Gasteiger partial charge in [0.2, 0.25) is 0 Å². The molecule has 0 N–H and O–H groups in total. The van der Waals surface area contributed by atoms with E-state index in [2.05, 4.69) is 26.5 Å². The second-order valence-corrected chi connectivity index (χ2v) is 3.30. The molecule has 0 spiro atoms. The minimum Gasteiger partial charge on any atom is -0.197 e. The van der Waals surface area contributed by atoms with Gasteiger partial charge in [0.05, 0.1) is 11.5 Å². The molecule has 0 heterocycles. The first-order chi connectivity index (χ1) is 5.63. The molecule has 0 rings (SSSR count). The molecule has 0 aliphatic heterocycles. The van der Waals surface area contributed by atoms with E-state index in [1.165, 1.54) is 0 Å². The van der Waals surface area contributed by atoms with Crippen molar-refractivity contribution in [3.63, 3.8) is 0 Å². The van der Waals surface area contributed by atoms with Crippen molar-refractivity contribution < 1.29 is 0 Å². The molecular formula is C11H17N. The van der Waals surface area contributed by atoms with Crippen LogP contribution in [0.2, 0.25) is 0 Å². The van der Waals surface area contributed by atoms with Gasteiger partial charge in [-0.15, -0.1) is 6.58 Å². The quantitative estimate of drug-likeness (QED) is 0.583. The van der Waals surface area contributed by atoms with Crippen molar-refractivity contribution in [2.24, 2.45) is 11.3 Å². The van der Waals surface area contributed by atoms with Gasteiger partial charge in [-0.05, 0) is 19.3 Å². The van der Waals surface area contributed by atoms with E-state index in [0.717, 1.165) is 6.42 Å². The Kier molecular flexibility index (Phi) is 4.36. The molecule has 0 saturated carbocycles. The fourth-order valence-electron chi connectivity index (χ4n) is 1.24. The second-order valence-electron chi connectivity index (χ2n) is 3.30. The molecule has 0 amide bonds. The summed E-state index contributed by atoms with van der Waals surface area (Å²) in [4.78, 5) is 0. The highest BCUT2D eigenvalue weighted by Crippen LogP contribution is 2.32. The lowest BCUT2D eigenvalue weighted by Crippen LogP contribution is -2.21. The topological polar surface area (TPSA) is 23.8 Å². The molecule has 0 fully saturated rings. The molecule has 0 aromatic rings. The predicted octanol–water partition coefficient (Wildman–Crippen LogP) is 3.30. The fraction of sp³-hybridized carbons (Fsp3) is 0.545. The number of hydrogen-bond donors (Lipinski definition) is 0. The third-order valence-electron chi connectivity index (χ3n) is 2.18. The molecule has 1 atom stereocenters.